The minimum Gasteiger partial charge on any atom is -0.444 e. The SMILES string of the molecule is CC(C)(C)OC(=O)N1CC[C@@H](NC(=O)C2=CC=CC(N)=CC=C2)C1. The van der Waals surface area contributed by atoms with Crippen LogP contribution < -0.4 is 11.1 Å². The van der Waals surface area contributed by atoms with E-state index < -0.39 is 5.60 Å². The molecule has 0 aromatic carbocycles. The van der Waals surface area contributed by atoms with Gasteiger partial charge < -0.3 is 20.7 Å². The highest BCUT2D eigenvalue weighted by Gasteiger charge is 2.30. The zero-order valence-electron chi connectivity index (χ0n) is 14.4. The molecule has 1 fully saturated rings. The van der Waals surface area contributed by atoms with Crippen LogP contribution in [0.2, 0.25) is 0 Å². The van der Waals surface area contributed by atoms with Gasteiger partial charge in [0.15, 0.2) is 0 Å². The van der Waals surface area contributed by atoms with E-state index >= 15 is 0 Å². The summed E-state index contributed by atoms with van der Waals surface area (Å²) in [6.07, 6.45) is 10.8. The van der Waals surface area contributed by atoms with Crippen LogP contribution in [-0.2, 0) is 9.53 Å². The predicted molar refractivity (Wildman–Crippen MR) is 93.0 cm³/mol. The molecule has 2 rings (SSSR count). The lowest BCUT2D eigenvalue weighted by atomic mass is 10.1. The largest absolute Gasteiger partial charge is 0.444 e. The Bertz CT molecular complexity index is 624. The van der Waals surface area contributed by atoms with E-state index in [9.17, 15) is 9.59 Å². The normalized spacial score (nSPS) is 20.8. The second-order valence-corrected chi connectivity index (χ2v) is 6.89. The molecule has 1 heterocycles. The van der Waals surface area contributed by atoms with Crippen molar-refractivity contribution < 1.29 is 14.3 Å². The minimum atomic E-state index is -0.519. The third kappa shape index (κ3) is 5.30. The topological polar surface area (TPSA) is 84.7 Å². The average molecular weight is 331 g/mol. The van der Waals surface area contributed by atoms with E-state index in [1.165, 1.54) is 0 Å². The third-order valence-electron chi connectivity index (χ3n) is 3.57. The highest BCUT2D eigenvalue weighted by Crippen LogP contribution is 2.16. The number of rotatable bonds is 2. The molecule has 0 saturated carbocycles. The van der Waals surface area contributed by atoms with Gasteiger partial charge in [0.25, 0.3) is 5.91 Å². The monoisotopic (exact) mass is 331 g/mol. The number of carbonyl (C=O) groups excluding carboxylic acids is 2. The van der Waals surface area contributed by atoms with Gasteiger partial charge in [0, 0.05) is 30.4 Å². The van der Waals surface area contributed by atoms with Crippen LogP contribution in [0.4, 0.5) is 4.79 Å². The van der Waals surface area contributed by atoms with Crippen molar-refractivity contribution in [3.63, 3.8) is 0 Å². The number of amides is 2. The molecule has 3 N–H and O–H groups in total. The minimum absolute atomic E-state index is 0.0747. The Balaban J connectivity index is 1.89. The molecule has 2 amide bonds. The second kappa shape index (κ2) is 7.38. The van der Waals surface area contributed by atoms with Gasteiger partial charge in [-0.1, -0.05) is 12.2 Å². The fourth-order valence-corrected chi connectivity index (χ4v) is 2.43. The molecule has 130 valence electrons. The van der Waals surface area contributed by atoms with E-state index in [2.05, 4.69) is 5.32 Å². The molecule has 1 aliphatic heterocycles. The highest BCUT2D eigenvalue weighted by atomic mass is 16.6. The van der Waals surface area contributed by atoms with Gasteiger partial charge in [-0.3, -0.25) is 4.79 Å². The van der Waals surface area contributed by atoms with Crippen molar-refractivity contribution in [3.05, 3.63) is 47.7 Å². The van der Waals surface area contributed by atoms with Gasteiger partial charge in [-0.05, 0) is 51.5 Å². The predicted octanol–water partition coefficient (Wildman–Crippen LogP) is 2.01. The molecule has 0 spiro atoms. The molecule has 0 aromatic rings. The van der Waals surface area contributed by atoms with Gasteiger partial charge >= 0.3 is 6.09 Å². The highest BCUT2D eigenvalue weighted by molar-refractivity contribution is 5.96. The molecule has 0 radical (unpaired) electrons. The molecule has 1 saturated heterocycles. The van der Waals surface area contributed by atoms with E-state index in [0.717, 1.165) is 0 Å². The summed E-state index contributed by atoms with van der Waals surface area (Å²) in [5, 5.41) is 2.96. The van der Waals surface area contributed by atoms with Gasteiger partial charge in [0.1, 0.15) is 5.60 Å². The van der Waals surface area contributed by atoms with Crippen molar-refractivity contribution in [1.29, 1.82) is 0 Å². The summed E-state index contributed by atoms with van der Waals surface area (Å²) < 4.78 is 5.36. The molecule has 1 aliphatic carbocycles. The Morgan fingerprint density at radius 3 is 2.67 bits per heavy atom. The summed E-state index contributed by atoms with van der Waals surface area (Å²) in [5.41, 5.74) is 6.35. The Kier molecular flexibility index (Phi) is 5.49. The standard InChI is InChI=1S/C18H25N3O3/c1-18(2,3)24-17(23)21-11-10-15(12-21)20-16(22)13-6-4-8-14(19)9-5-7-13/h4-9,15H,10-12,19H2,1-3H3,(H,20,22)/t15-/m1/s1. The second-order valence-electron chi connectivity index (χ2n) is 6.89. The van der Waals surface area contributed by atoms with E-state index in [1.54, 1.807) is 41.4 Å². The fraction of sp³-hybridized carbons (Fsp3) is 0.444. The summed E-state index contributed by atoms with van der Waals surface area (Å²) in [6, 6.07) is -0.0747. The lowest BCUT2D eigenvalue weighted by Gasteiger charge is -2.24. The van der Waals surface area contributed by atoms with Crippen molar-refractivity contribution in [2.75, 3.05) is 13.1 Å². The van der Waals surface area contributed by atoms with Gasteiger partial charge in [-0.2, -0.15) is 0 Å². The maximum atomic E-state index is 12.4. The number of carbonyl (C=O) groups is 2. The summed E-state index contributed by atoms with van der Waals surface area (Å²) in [7, 11) is 0. The number of ether oxygens (including phenoxy) is 1. The summed E-state index contributed by atoms with van der Waals surface area (Å²) in [4.78, 5) is 26.0. The zero-order chi connectivity index (χ0) is 17.7. The molecule has 0 unspecified atom stereocenters. The van der Waals surface area contributed by atoms with E-state index in [4.69, 9.17) is 10.5 Å². The van der Waals surface area contributed by atoms with E-state index in [-0.39, 0.29) is 18.0 Å². The molecular formula is C18H25N3O3. The third-order valence-corrected chi connectivity index (χ3v) is 3.57. The first kappa shape index (κ1) is 17.8. The summed E-state index contributed by atoms with van der Waals surface area (Å²) >= 11 is 0. The molecule has 1 atom stereocenters. The van der Waals surface area contributed by atoms with Crippen molar-refractivity contribution >= 4 is 12.0 Å². The molecular weight excluding hydrogens is 306 g/mol. The summed E-state index contributed by atoms with van der Waals surface area (Å²) in [5.74, 6) is -0.166. The smallest absolute Gasteiger partial charge is 0.410 e. The zero-order valence-corrected chi connectivity index (χ0v) is 14.4. The van der Waals surface area contributed by atoms with Crippen molar-refractivity contribution in [3.8, 4) is 0 Å². The van der Waals surface area contributed by atoms with E-state index in [1.807, 2.05) is 20.8 Å². The lowest BCUT2D eigenvalue weighted by molar-refractivity contribution is -0.117. The number of nitrogens with zero attached hydrogens (tertiary/aromatic N) is 1. The fourth-order valence-electron chi connectivity index (χ4n) is 2.43. The van der Waals surface area contributed by atoms with Gasteiger partial charge in [-0.25, -0.2) is 4.79 Å². The van der Waals surface area contributed by atoms with Crippen LogP contribution in [0.5, 0.6) is 0 Å². The van der Waals surface area contributed by atoms with Gasteiger partial charge in [-0.15, -0.1) is 0 Å². The average Bonchev–Trinajstić information content (AvgIpc) is 2.89. The Morgan fingerprint density at radius 2 is 1.96 bits per heavy atom. The number of likely N-dealkylation sites (tertiary alicyclic amines) is 1. The number of hydrogen-bond acceptors (Lipinski definition) is 4. The lowest BCUT2D eigenvalue weighted by Crippen LogP contribution is -2.40. The first-order valence-electron chi connectivity index (χ1n) is 8.05. The van der Waals surface area contributed by atoms with Gasteiger partial charge in [0.2, 0.25) is 0 Å². The Morgan fingerprint density at radius 1 is 1.25 bits per heavy atom. The Labute approximate surface area is 142 Å². The summed E-state index contributed by atoms with van der Waals surface area (Å²) in [6.45, 7) is 6.54. The molecule has 24 heavy (non-hydrogen) atoms. The van der Waals surface area contributed by atoms with Crippen LogP contribution in [-0.4, -0.2) is 41.6 Å². The van der Waals surface area contributed by atoms with Crippen LogP contribution in [0.1, 0.15) is 27.2 Å². The Hall–Kier alpha value is -2.50. The molecule has 2 aliphatic rings. The quantitative estimate of drug-likeness (QED) is 0.810. The maximum Gasteiger partial charge on any atom is 0.410 e. The van der Waals surface area contributed by atoms with Crippen molar-refractivity contribution in [2.45, 2.75) is 38.8 Å². The van der Waals surface area contributed by atoms with Crippen molar-refractivity contribution in [1.82, 2.24) is 10.2 Å². The van der Waals surface area contributed by atoms with Crippen LogP contribution in [0.15, 0.2) is 47.7 Å². The number of allylic oxidation sites excluding steroid dienone is 5. The van der Waals surface area contributed by atoms with E-state index in [0.29, 0.717) is 30.8 Å². The van der Waals surface area contributed by atoms with Crippen molar-refractivity contribution in [2.24, 2.45) is 5.73 Å². The molecule has 6 nitrogen and oxygen atoms in total. The van der Waals surface area contributed by atoms with Crippen LogP contribution in [0.25, 0.3) is 0 Å². The molecule has 0 aromatic heterocycles. The number of nitrogens with two attached hydrogens (primary N) is 1. The first-order valence-corrected chi connectivity index (χ1v) is 8.05. The maximum absolute atomic E-state index is 12.4. The van der Waals surface area contributed by atoms with Crippen LogP contribution in [0.3, 0.4) is 0 Å². The number of nitrogens with one attached hydrogen (secondary N) is 1. The first-order chi connectivity index (χ1) is 11.2. The van der Waals surface area contributed by atoms with Crippen LogP contribution in [0, 0.1) is 0 Å². The van der Waals surface area contributed by atoms with Crippen LogP contribution >= 0.6 is 0 Å². The molecule has 0 bridgehead atoms. The molecule has 6 heteroatoms. The number of hydrogen-bond donors (Lipinski definition) is 2. The van der Waals surface area contributed by atoms with Gasteiger partial charge in [0.05, 0.1) is 0 Å².